The number of thiophene rings is 1. The number of amides is 1. The van der Waals surface area contributed by atoms with Gasteiger partial charge in [-0.05, 0) is 59.3 Å². The van der Waals surface area contributed by atoms with Gasteiger partial charge in [-0.2, -0.15) is 0 Å². The molecule has 0 aliphatic heterocycles. The van der Waals surface area contributed by atoms with E-state index in [0.717, 1.165) is 24.9 Å². The summed E-state index contributed by atoms with van der Waals surface area (Å²) in [6, 6.07) is 13.7. The molecule has 1 N–H and O–H groups in total. The molecule has 0 unspecified atom stereocenters. The fourth-order valence-electron chi connectivity index (χ4n) is 2.11. The second kappa shape index (κ2) is 5.94. The third kappa shape index (κ3) is 2.93. The first kappa shape index (κ1) is 14.8. The zero-order chi connectivity index (χ0) is 15.0. The van der Waals surface area contributed by atoms with Crippen molar-refractivity contribution in [2.45, 2.75) is 6.92 Å². The Morgan fingerprint density at radius 1 is 1.24 bits per heavy atom. The highest BCUT2D eigenvalue weighted by atomic mass is 127. The zero-order valence-corrected chi connectivity index (χ0v) is 14.8. The molecule has 0 spiro atoms. The van der Waals surface area contributed by atoms with Crippen LogP contribution in [0.3, 0.4) is 0 Å². The van der Waals surface area contributed by atoms with Gasteiger partial charge in [0.05, 0.1) is 5.02 Å². The molecule has 2 nitrogen and oxygen atoms in total. The van der Waals surface area contributed by atoms with E-state index in [1.54, 1.807) is 0 Å². The normalized spacial score (nSPS) is 10.8. The van der Waals surface area contributed by atoms with Crippen LogP contribution < -0.4 is 5.32 Å². The molecule has 106 valence electrons. The average molecular weight is 428 g/mol. The van der Waals surface area contributed by atoms with Crippen molar-refractivity contribution in [3.63, 3.8) is 0 Å². The number of rotatable bonds is 2. The lowest BCUT2D eigenvalue weighted by Gasteiger charge is -2.08. The summed E-state index contributed by atoms with van der Waals surface area (Å²) in [6.07, 6.45) is 0. The van der Waals surface area contributed by atoms with Gasteiger partial charge in [0.25, 0.3) is 5.91 Å². The summed E-state index contributed by atoms with van der Waals surface area (Å²) < 4.78 is 2.16. The number of hydrogen-bond acceptors (Lipinski definition) is 2. The molecular formula is C16H11ClINOS. The monoisotopic (exact) mass is 427 g/mol. The summed E-state index contributed by atoms with van der Waals surface area (Å²) in [6.45, 7) is 1.98. The minimum Gasteiger partial charge on any atom is -0.321 e. The van der Waals surface area contributed by atoms with E-state index in [2.05, 4.69) is 27.9 Å². The summed E-state index contributed by atoms with van der Waals surface area (Å²) in [5, 5.41) is 4.39. The van der Waals surface area contributed by atoms with Crippen molar-refractivity contribution >= 4 is 67.2 Å². The van der Waals surface area contributed by atoms with Gasteiger partial charge in [-0.1, -0.05) is 29.8 Å². The summed E-state index contributed by atoms with van der Waals surface area (Å²) in [5.41, 5.74) is 1.85. The number of hydrogen-bond donors (Lipinski definition) is 1. The minimum atomic E-state index is -0.162. The molecule has 0 aliphatic carbocycles. The number of carbonyl (C=O) groups is 1. The molecule has 3 aromatic rings. The van der Waals surface area contributed by atoms with Gasteiger partial charge in [-0.15, -0.1) is 11.3 Å². The highest BCUT2D eigenvalue weighted by molar-refractivity contribution is 14.1. The lowest BCUT2D eigenvalue weighted by atomic mass is 10.2. The van der Waals surface area contributed by atoms with E-state index < -0.39 is 0 Å². The van der Waals surface area contributed by atoms with Crippen molar-refractivity contribution in [3.05, 3.63) is 61.5 Å². The first-order valence-corrected chi connectivity index (χ1v) is 8.58. The predicted molar refractivity (Wildman–Crippen MR) is 98.7 cm³/mol. The van der Waals surface area contributed by atoms with Crippen LogP contribution in [0.4, 0.5) is 5.69 Å². The molecular weight excluding hydrogens is 417 g/mol. The Kier molecular flexibility index (Phi) is 4.19. The van der Waals surface area contributed by atoms with Crippen LogP contribution in [0.2, 0.25) is 5.02 Å². The van der Waals surface area contributed by atoms with Gasteiger partial charge in [0.1, 0.15) is 4.88 Å². The molecule has 0 fully saturated rings. The van der Waals surface area contributed by atoms with Crippen LogP contribution in [-0.2, 0) is 0 Å². The van der Waals surface area contributed by atoms with Crippen molar-refractivity contribution < 1.29 is 4.79 Å². The molecule has 21 heavy (non-hydrogen) atoms. The topological polar surface area (TPSA) is 29.1 Å². The Labute approximate surface area is 145 Å². The number of benzene rings is 2. The Morgan fingerprint density at radius 3 is 2.71 bits per heavy atom. The Hall–Kier alpha value is -1.11. The Bertz CT molecular complexity index is 843. The molecule has 1 amide bonds. The largest absolute Gasteiger partial charge is 0.321 e. The molecule has 1 heterocycles. The fraction of sp³-hybridized carbons (Fsp3) is 0.0625. The van der Waals surface area contributed by atoms with Crippen molar-refractivity contribution in [2.24, 2.45) is 0 Å². The highest BCUT2D eigenvalue weighted by Gasteiger charge is 2.17. The molecule has 3 rings (SSSR count). The molecule has 0 bridgehead atoms. The van der Waals surface area contributed by atoms with Gasteiger partial charge >= 0.3 is 0 Å². The number of aryl methyl sites for hydroxylation is 1. The summed E-state index contributed by atoms with van der Waals surface area (Å²) in [7, 11) is 0. The Balaban J connectivity index is 1.95. The lowest BCUT2D eigenvalue weighted by molar-refractivity contribution is 0.103. The smallest absolute Gasteiger partial charge is 0.267 e. The van der Waals surface area contributed by atoms with E-state index in [1.165, 1.54) is 11.3 Å². The molecule has 0 atom stereocenters. The first-order chi connectivity index (χ1) is 10.1. The predicted octanol–water partition coefficient (Wildman–Crippen LogP) is 5.72. The van der Waals surface area contributed by atoms with Gasteiger partial charge < -0.3 is 5.32 Å². The van der Waals surface area contributed by atoms with Gasteiger partial charge in [-0.25, -0.2) is 0 Å². The molecule has 5 heteroatoms. The van der Waals surface area contributed by atoms with E-state index in [0.29, 0.717) is 9.90 Å². The van der Waals surface area contributed by atoms with Crippen LogP contribution in [-0.4, -0.2) is 5.91 Å². The van der Waals surface area contributed by atoms with Gasteiger partial charge in [-0.3, -0.25) is 4.79 Å². The van der Waals surface area contributed by atoms with Gasteiger partial charge in [0.15, 0.2) is 0 Å². The zero-order valence-electron chi connectivity index (χ0n) is 11.1. The van der Waals surface area contributed by atoms with Crippen molar-refractivity contribution in [3.8, 4) is 0 Å². The number of fused-ring (bicyclic) bond motifs is 1. The van der Waals surface area contributed by atoms with Crippen LogP contribution >= 0.6 is 45.5 Å². The molecule has 0 aliphatic rings. The number of carbonyl (C=O) groups excluding carboxylic acids is 1. The maximum absolute atomic E-state index is 12.5. The van der Waals surface area contributed by atoms with E-state index in [4.69, 9.17) is 11.6 Å². The summed E-state index contributed by atoms with van der Waals surface area (Å²) in [4.78, 5) is 13.0. The van der Waals surface area contributed by atoms with E-state index >= 15 is 0 Å². The first-order valence-electron chi connectivity index (χ1n) is 6.31. The SMILES string of the molecule is Cc1cc(I)ccc1NC(=O)c1sc2ccccc2c1Cl. The van der Waals surface area contributed by atoms with Crippen LogP contribution in [0, 0.1) is 10.5 Å². The van der Waals surface area contributed by atoms with Gasteiger partial charge in [0.2, 0.25) is 0 Å². The third-order valence-electron chi connectivity index (χ3n) is 3.18. The maximum atomic E-state index is 12.5. The summed E-state index contributed by atoms with van der Waals surface area (Å²) in [5.74, 6) is -0.162. The maximum Gasteiger partial charge on any atom is 0.267 e. The van der Waals surface area contributed by atoms with E-state index in [-0.39, 0.29) is 5.91 Å². The van der Waals surface area contributed by atoms with Crippen molar-refractivity contribution in [2.75, 3.05) is 5.32 Å². The number of halogens is 2. The second-order valence-corrected chi connectivity index (χ2v) is 7.33. The van der Waals surface area contributed by atoms with Crippen LogP contribution in [0.25, 0.3) is 10.1 Å². The molecule has 0 saturated carbocycles. The van der Waals surface area contributed by atoms with E-state index in [1.807, 2.05) is 49.4 Å². The Morgan fingerprint density at radius 2 is 2.00 bits per heavy atom. The fourth-order valence-corrected chi connectivity index (χ4v) is 4.17. The summed E-state index contributed by atoms with van der Waals surface area (Å²) >= 11 is 10.00. The standard InChI is InChI=1S/C16H11ClINOS/c1-9-8-10(18)6-7-12(9)19-16(20)15-14(17)11-4-2-3-5-13(11)21-15/h2-8H,1H3,(H,19,20). The number of anilines is 1. The van der Waals surface area contributed by atoms with Crippen LogP contribution in [0.15, 0.2) is 42.5 Å². The van der Waals surface area contributed by atoms with Crippen LogP contribution in [0.1, 0.15) is 15.2 Å². The van der Waals surface area contributed by atoms with E-state index in [9.17, 15) is 4.79 Å². The van der Waals surface area contributed by atoms with Crippen molar-refractivity contribution in [1.82, 2.24) is 0 Å². The quantitative estimate of drug-likeness (QED) is 0.521. The molecule has 2 aromatic carbocycles. The van der Waals surface area contributed by atoms with Crippen LogP contribution in [0.5, 0.6) is 0 Å². The molecule has 1 aromatic heterocycles. The highest BCUT2D eigenvalue weighted by Crippen LogP contribution is 2.35. The second-order valence-electron chi connectivity index (χ2n) is 4.65. The minimum absolute atomic E-state index is 0.162. The van der Waals surface area contributed by atoms with Gasteiger partial charge in [0, 0.05) is 19.3 Å². The number of nitrogens with one attached hydrogen (secondary N) is 1. The third-order valence-corrected chi connectivity index (χ3v) is 5.52. The van der Waals surface area contributed by atoms with Crippen molar-refractivity contribution in [1.29, 1.82) is 0 Å². The lowest BCUT2D eigenvalue weighted by Crippen LogP contribution is -2.11. The average Bonchev–Trinajstić information content (AvgIpc) is 2.80. The molecule has 0 saturated heterocycles. The molecule has 0 radical (unpaired) electrons.